The molecule has 4 rings (SSSR count). The van der Waals surface area contributed by atoms with Crippen LogP contribution in [0.3, 0.4) is 0 Å². The van der Waals surface area contributed by atoms with Crippen LogP contribution in [0.1, 0.15) is 42.2 Å². The van der Waals surface area contributed by atoms with E-state index in [2.05, 4.69) is 0 Å². The summed E-state index contributed by atoms with van der Waals surface area (Å²) in [7, 11) is 1.76. The van der Waals surface area contributed by atoms with Gasteiger partial charge in [0.1, 0.15) is 5.69 Å². The first kappa shape index (κ1) is 14.1. The van der Waals surface area contributed by atoms with Gasteiger partial charge in [0.2, 0.25) is 0 Å². The number of rotatable bonds is 2. The molecule has 2 aromatic heterocycles. The summed E-state index contributed by atoms with van der Waals surface area (Å²) >= 11 is 0. The van der Waals surface area contributed by atoms with Gasteiger partial charge in [-0.25, -0.2) is 0 Å². The molecule has 2 heterocycles. The van der Waals surface area contributed by atoms with E-state index >= 15 is 0 Å². The van der Waals surface area contributed by atoms with E-state index in [0.29, 0.717) is 11.1 Å². The normalized spacial score (nSPS) is 15.7. The monoisotopic (exact) mass is 309 g/mol. The Morgan fingerprint density at radius 1 is 1.17 bits per heavy atom. The van der Waals surface area contributed by atoms with Crippen LogP contribution in [0.15, 0.2) is 35.1 Å². The summed E-state index contributed by atoms with van der Waals surface area (Å²) in [5.74, 6) is -0.473. The Kier molecular flexibility index (Phi) is 3.04. The highest BCUT2D eigenvalue weighted by molar-refractivity contribution is 6.08. The van der Waals surface area contributed by atoms with Crippen molar-refractivity contribution < 1.29 is 4.79 Å². The first-order valence-corrected chi connectivity index (χ1v) is 8.02. The molecular formula is C18H19N3O2. The number of aromatic nitrogens is 2. The van der Waals surface area contributed by atoms with Crippen LogP contribution >= 0.6 is 0 Å². The summed E-state index contributed by atoms with van der Waals surface area (Å²) in [4.78, 5) is 24.7. The van der Waals surface area contributed by atoms with Crippen LogP contribution in [0.2, 0.25) is 0 Å². The van der Waals surface area contributed by atoms with E-state index in [0.717, 1.165) is 42.1 Å². The molecule has 5 nitrogen and oxygen atoms in total. The predicted molar refractivity (Wildman–Crippen MR) is 90.7 cm³/mol. The third kappa shape index (κ3) is 1.92. The molecule has 1 fully saturated rings. The van der Waals surface area contributed by atoms with Crippen LogP contribution < -0.4 is 11.3 Å². The minimum atomic E-state index is -0.473. The van der Waals surface area contributed by atoms with Crippen molar-refractivity contribution in [2.75, 3.05) is 0 Å². The number of hydrogen-bond acceptors (Lipinski definition) is 2. The fourth-order valence-electron chi connectivity index (χ4n) is 3.95. The third-order valence-electron chi connectivity index (χ3n) is 5.03. The predicted octanol–water partition coefficient (Wildman–Crippen LogP) is 2.71. The zero-order chi connectivity index (χ0) is 16.1. The van der Waals surface area contributed by atoms with E-state index in [9.17, 15) is 9.59 Å². The number of nitrogens with zero attached hydrogens (tertiary/aromatic N) is 2. The second kappa shape index (κ2) is 4.98. The average molecular weight is 309 g/mol. The van der Waals surface area contributed by atoms with Crippen LogP contribution in [0.4, 0.5) is 0 Å². The Balaban J connectivity index is 2.23. The summed E-state index contributed by atoms with van der Waals surface area (Å²) < 4.78 is 3.66. The molecule has 0 radical (unpaired) electrons. The molecule has 0 bridgehead atoms. The number of amides is 1. The summed E-state index contributed by atoms with van der Waals surface area (Å²) in [5.41, 5.74) is 7.69. The molecule has 1 aliphatic rings. The fourth-order valence-corrected chi connectivity index (χ4v) is 3.95. The van der Waals surface area contributed by atoms with Gasteiger partial charge < -0.3 is 14.9 Å². The highest BCUT2D eigenvalue weighted by atomic mass is 16.1. The van der Waals surface area contributed by atoms with Crippen molar-refractivity contribution in [1.29, 1.82) is 0 Å². The largest absolute Gasteiger partial charge is 0.364 e. The minimum Gasteiger partial charge on any atom is -0.364 e. The Hall–Kier alpha value is -2.56. The van der Waals surface area contributed by atoms with E-state index in [-0.39, 0.29) is 11.6 Å². The second-order valence-electron chi connectivity index (χ2n) is 6.35. The molecule has 23 heavy (non-hydrogen) atoms. The smallest absolute Gasteiger partial charge is 0.265 e. The molecule has 0 unspecified atom stereocenters. The number of para-hydroxylation sites is 1. The number of carbonyl (C=O) groups is 1. The Morgan fingerprint density at radius 3 is 2.57 bits per heavy atom. The summed E-state index contributed by atoms with van der Waals surface area (Å²) in [6.07, 6.45) is 4.33. The van der Waals surface area contributed by atoms with Crippen molar-refractivity contribution in [3.8, 4) is 0 Å². The molecule has 0 saturated heterocycles. The topological polar surface area (TPSA) is 70.0 Å². The van der Waals surface area contributed by atoms with Crippen molar-refractivity contribution in [3.05, 3.63) is 46.4 Å². The maximum Gasteiger partial charge on any atom is 0.265 e. The number of benzene rings is 1. The maximum atomic E-state index is 12.7. The summed E-state index contributed by atoms with van der Waals surface area (Å²) in [6, 6.07) is 9.74. The number of nitrogens with two attached hydrogens (primary N) is 1. The maximum absolute atomic E-state index is 12.7. The van der Waals surface area contributed by atoms with Crippen molar-refractivity contribution in [3.63, 3.8) is 0 Å². The van der Waals surface area contributed by atoms with Crippen LogP contribution in [-0.4, -0.2) is 15.0 Å². The van der Waals surface area contributed by atoms with Crippen molar-refractivity contribution in [1.82, 2.24) is 9.13 Å². The average Bonchev–Trinajstić information content (AvgIpc) is 3.19. The molecule has 3 aromatic rings. The van der Waals surface area contributed by atoms with Crippen molar-refractivity contribution in [2.45, 2.75) is 31.7 Å². The fraction of sp³-hybridized carbons (Fsp3) is 0.333. The van der Waals surface area contributed by atoms with Gasteiger partial charge in [-0.3, -0.25) is 9.59 Å². The number of primary amides is 1. The lowest BCUT2D eigenvalue weighted by Crippen LogP contribution is -2.20. The number of pyridine rings is 1. The van der Waals surface area contributed by atoms with Gasteiger partial charge in [0.15, 0.2) is 0 Å². The molecule has 0 aliphatic heterocycles. The Morgan fingerprint density at radius 2 is 1.87 bits per heavy atom. The zero-order valence-corrected chi connectivity index (χ0v) is 13.1. The zero-order valence-electron chi connectivity index (χ0n) is 13.1. The molecule has 1 saturated carbocycles. The number of aryl methyl sites for hydroxylation is 1. The standard InChI is InChI=1S/C18H19N3O2/c1-20-14-9-5-4-8-12(14)16-13(18(20)23)10-15(17(19)22)21(16)11-6-2-3-7-11/h4-5,8-11H,2-3,6-7H2,1H3,(H2,19,22). The van der Waals surface area contributed by atoms with Gasteiger partial charge in [0.05, 0.1) is 16.4 Å². The van der Waals surface area contributed by atoms with Gasteiger partial charge in [-0.2, -0.15) is 0 Å². The third-order valence-corrected chi connectivity index (χ3v) is 5.03. The Bertz CT molecular complexity index is 991. The molecule has 1 aromatic carbocycles. The van der Waals surface area contributed by atoms with Crippen LogP contribution in [0.5, 0.6) is 0 Å². The molecule has 5 heteroatoms. The first-order chi connectivity index (χ1) is 11.1. The second-order valence-corrected chi connectivity index (χ2v) is 6.35. The number of hydrogen-bond donors (Lipinski definition) is 1. The molecule has 1 aliphatic carbocycles. The van der Waals surface area contributed by atoms with Gasteiger partial charge in [0.25, 0.3) is 11.5 Å². The van der Waals surface area contributed by atoms with E-state index in [1.807, 2.05) is 28.8 Å². The van der Waals surface area contributed by atoms with Gasteiger partial charge in [-0.05, 0) is 25.0 Å². The molecule has 118 valence electrons. The van der Waals surface area contributed by atoms with Gasteiger partial charge in [-0.1, -0.05) is 31.0 Å². The van der Waals surface area contributed by atoms with Gasteiger partial charge >= 0.3 is 0 Å². The van der Waals surface area contributed by atoms with E-state index in [1.54, 1.807) is 17.7 Å². The van der Waals surface area contributed by atoms with E-state index in [1.165, 1.54) is 0 Å². The molecule has 1 amide bonds. The van der Waals surface area contributed by atoms with E-state index in [4.69, 9.17) is 5.73 Å². The molecule has 2 N–H and O–H groups in total. The van der Waals surface area contributed by atoms with Crippen molar-refractivity contribution >= 4 is 27.7 Å². The number of fused-ring (bicyclic) bond motifs is 3. The summed E-state index contributed by atoms with van der Waals surface area (Å²) in [6.45, 7) is 0. The minimum absolute atomic E-state index is 0.0852. The molecule has 0 atom stereocenters. The SMILES string of the molecule is Cn1c(=O)c2cc(C(N)=O)n(C3CCCC3)c2c2ccccc21. The lowest BCUT2D eigenvalue weighted by atomic mass is 10.1. The Labute approximate surface area is 133 Å². The summed E-state index contributed by atoms with van der Waals surface area (Å²) in [5, 5.41) is 1.57. The number of carbonyl (C=O) groups excluding carboxylic acids is 1. The quantitative estimate of drug-likeness (QED) is 0.790. The lowest BCUT2D eigenvalue weighted by molar-refractivity contribution is 0.0990. The van der Waals surface area contributed by atoms with Crippen LogP contribution in [-0.2, 0) is 7.05 Å². The molecule has 0 spiro atoms. The van der Waals surface area contributed by atoms with Crippen molar-refractivity contribution in [2.24, 2.45) is 12.8 Å². The molecular weight excluding hydrogens is 290 g/mol. The van der Waals surface area contributed by atoms with Gasteiger partial charge in [0, 0.05) is 18.5 Å². The van der Waals surface area contributed by atoms with Crippen LogP contribution in [0, 0.1) is 0 Å². The highest BCUT2D eigenvalue weighted by Crippen LogP contribution is 2.36. The lowest BCUT2D eigenvalue weighted by Gasteiger charge is -2.18. The van der Waals surface area contributed by atoms with E-state index < -0.39 is 5.91 Å². The van der Waals surface area contributed by atoms with Crippen LogP contribution in [0.25, 0.3) is 21.8 Å². The highest BCUT2D eigenvalue weighted by Gasteiger charge is 2.26. The van der Waals surface area contributed by atoms with Gasteiger partial charge in [-0.15, -0.1) is 0 Å². The first-order valence-electron chi connectivity index (χ1n) is 8.02.